The maximum atomic E-state index is 6.11. The number of ether oxygens (including phenoxy) is 1. The fourth-order valence-corrected chi connectivity index (χ4v) is 2.00. The minimum absolute atomic E-state index is 0.355. The molecular weight excluding hydrogens is 250 g/mol. The molecule has 2 N–H and O–H groups in total. The Morgan fingerprint density at radius 3 is 2.83 bits per heavy atom. The van der Waals surface area contributed by atoms with Crippen LogP contribution >= 0.6 is 11.6 Å². The molecular formula is C13H24ClN3O. The first-order valence-corrected chi connectivity index (χ1v) is 7.04. The number of unbranched alkanes of at least 4 members (excludes halogenated alkanes) is 1. The summed E-state index contributed by atoms with van der Waals surface area (Å²) in [5, 5.41) is 4.00. The largest absolute Gasteiger partial charge is 0.383 e. The summed E-state index contributed by atoms with van der Waals surface area (Å²) in [7, 11) is 1.72. The number of aromatic nitrogens is 2. The highest BCUT2D eigenvalue weighted by molar-refractivity contribution is 6.30. The van der Waals surface area contributed by atoms with Gasteiger partial charge < -0.3 is 15.0 Å². The number of rotatable bonds is 9. The number of nitrogens with one attached hydrogen (secondary N) is 2. The van der Waals surface area contributed by atoms with Crippen molar-refractivity contribution in [3.05, 3.63) is 16.7 Å². The van der Waals surface area contributed by atoms with Crippen molar-refractivity contribution in [3.63, 3.8) is 0 Å². The SMILES string of the molecule is CCCCc1nc(Cl)c(CNC(CC)COC)[nH]1. The minimum atomic E-state index is 0.355. The Bertz CT molecular complexity index is 341. The molecule has 0 aliphatic heterocycles. The monoisotopic (exact) mass is 273 g/mol. The third-order valence-corrected chi connectivity index (χ3v) is 3.29. The highest BCUT2D eigenvalue weighted by Crippen LogP contribution is 2.14. The average Bonchev–Trinajstić information content (AvgIpc) is 2.72. The van der Waals surface area contributed by atoms with E-state index in [1.807, 2.05) is 0 Å². The number of methoxy groups -OCH3 is 1. The number of aryl methyl sites for hydroxylation is 1. The highest BCUT2D eigenvalue weighted by atomic mass is 35.5. The first-order valence-electron chi connectivity index (χ1n) is 6.66. The van der Waals surface area contributed by atoms with E-state index in [-0.39, 0.29) is 0 Å². The van der Waals surface area contributed by atoms with E-state index in [1.165, 1.54) is 0 Å². The molecule has 0 aliphatic rings. The predicted molar refractivity (Wildman–Crippen MR) is 75.0 cm³/mol. The Labute approximate surface area is 114 Å². The van der Waals surface area contributed by atoms with Crippen LogP contribution < -0.4 is 5.32 Å². The van der Waals surface area contributed by atoms with Gasteiger partial charge in [-0.25, -0.2) is 4.98 Å². The molecule has 1 rings (SSSR count). The maximum absolute atomic E-state index is 6.11. The number of H-pyrrole nitrogens is 1. The van der Waals surface area contributed by atoms with E-state index in [9.17, 15) is 0 Å². The molecule has 4 nitrogen and oxygen atoms in total. The summed E-state index contributed by atoms with van der Waals surface area (Å²) in [4.78, 5) is 7.63. The van der Waals surface area contributed by atoms with Crippen LogP contribution in [-0.2, 0) is 17.7 Å². The molecule has 18 heavy (non-hydrogen) atoms. The second kappa shape index (κ2) is 8.51. The number of halogens is 1. The van der Waals surface area contributed by atoms with Crippen LogP contribution in [0.25, 0.3) is 0 Å². The molecule has 1 aromatic heterocycles. The van der Waals surface area contributed by atoms with Crippen LogP contribution in [0.2, 0.25) is 5.15 Å². The molecule has 0 aromatic carbocycles. The second-order valence-electron chi connectivity index (χ2n) is 4.50. The molecule has 0 bridgehead atoms. The van der Waals surface area contributed by atoms with Crippen molar-refractivity contribution in [1.82, 2.24) is 15.3 Å². The Morgan fingerprint density at radius 1 is 1.44 bits per heavy atom. The molecule has 104 valence electrons. The van der Waals surface area contributed by atoms with Crippen LogP contribution in [0.1, 0.15) is 44.6 Å². The van der Waals surface area contributed by atoms with Gasteiger partial charge in [0.2, 0.25) is 0 Å². The lowest BCUT2D eigenvalue weighted by Crippen LogP contribution is -2.32. The number of aromatic amines is 1. The van der Waals surface area contributed by atoms with Crippen LogP contribution in [0.5, 0.6) is 0 Å². The maximum Gasteiger partial charge on any atom is 0.151 e. The molecule has 0 spiro atoms. The van der Waals surface area contributed by atoms with E-state index in [0.717, 1.165) is 37.2 Å². The van der Waals surface area contributed by atoms with Crippen molar-refractivity contribution in [1.29, 1.82) is 0 Å². The zero-order chi connectivity index (χ0) is 13.4. The summed E-state index contributed by atoms with van der Waals surface area (Å²) < 4.78 is 5.15. The zero-order valence-corrected chi connectivity index (χ0v) is 12.3. The smallest absolute Gasteiger partial charge is 0.151 e. The van der Waals surface area contributed by atoms with Gasteiger partial charge in [0.05, 0.1) is 12.3 Å². The third-order valence-electron chi connectivity index (χ3n) is 2.97. The van der Waals surface area contributed by atoms with Crippen LogP contribution in [0.3, 0.4) is 0 Å². The fraction of sp³-hybridized carbons (Fsp3) is 0.769. The quantitative estimate of drug-likeness (QED) is 0.727. The molecule has 0 radical (unpaired) electrons. The van der Waals surface area contributed by atoms with Crippen LogP contribution in [0, 0.1) is 0 Å². The molecule has 0 aliphatic carbocycles. The van der Waals surface area contributed by atoms with Crippen molar-refractivity contribution in [2.45, 2.75) is 52.1 Å². The summed E-state index contributed by atoms with van der Waals surface area (Å²) in [5.41, 5.74) is 0.970. The van der Waals surface area contributed by atoms with Gasteiger partial charge in [0.25, 0.3) is 0 Å². The lowest BCUT2D eigenvalue weighted by Gasteiger charge is -2.15. The number of nitrogens with zero attached hydrogens (tertiary/aromatic N) is 1. The van der Waals surface area contributed by atoms with Gasteiger partial charge in [0.1, 0.15) is 5.82 Å². The third kappa shape index (κ3) is 4.96. The van der Waals surface area contributed by atoms with Crippen molar-refractivity contribution < 1.29 is 4.74 Å². The molecule has 0 amide bonds. The molecule has 1 heterocycles. The molecule has 1 aromatic rings. The van der Waals surface area contributed by atoms with Crippen LogP contribution in [0.4, 0.5) is 0 Å². The topological polar surface area (TPSA) is 49.9 Å². The lowest BCUT2D eigenvalue weighted by atomic mass is 10.2. The lowest BCUT2D eigenvalue weighted by molar-refractivity contribution is 0.163. The van der Waals surface area contributed by atoms with Crippen LogP contribution in [0.15, 0.2) is 0 Å². The number of hydrogen-bond donors (Lipinski definition) is 2. The summed E-state index contributed by atoms with van der Waals surface area (Å²) in [6.07, 6.45) is 4.30. The minimum Gasteiger partial charge on any atom is -0.383 e. The van der Waals surface area contributed by atoms with Gasteiger partial charge in [0.15, 0.2) is 5.15 Å². The summed E-state index contributed by atoms with van der Waals surface area (Å²) in [6.45, 7) is 5.73. The van der Waals surface area contributed by atoms with Gasteiger partial charge in [-0.05, 0) is 12.8 Å². The molecule has 1 atom stereocenters. The Balaban J connectivity index is 2.48. The first-order chi connectivity index (χ1) is 8.71. The number of imidazole rings is 1. The van der Waals surface area contributed by atoms with Crippen molar-refractivity contribution >= 4 is 11.6 Å². The Kier molecular flexibility index (Phi) is 7.32. The second-order valence-corrected chi connectivity index (χ2v) is 4.86. The van der Waals surface area contributed by atoms with Crippen molar-refractivity contribution in [2.24, 2.45) is 0 Å². The fourth-order valence-electron chi connectivity index (χ4n) is 1.79. The first kappa shape index (κ1) is 15.5. The summed E-state index contributed by atoms with van der Waals surface area (Å²) in [5.74, 6) is 0.985. The Morgan fingerprint density at radius 2 is 2.22 bits per heavy atom. The van der Waals surface area contributed by atoms with Gasteiger partial charge in [0, 0.05) is 26.1 Å². The predicted octanol–water partition coefficient (Wildman–Crippen LogP) is 2.92. The highest BCUT2D eigenvalue weighted by Gasteiger charge is 2.10. The van der Waals surface area contributed by atoms with E-state index in [0.29, 0.717) is 24.3 Å². The van der Waals surface area contributed by atoms with E-state index in [1.54, 1.807) is 7.11 Å². The van der Waals surface area contributed by atoms with E-state index in [2.05, 4.69) is 29.1 Å². The molecule has 0 fully saturated rings. The molecule has 0 saturated carbocycles. The average molecular weight is 274 g/mol. The van der Waals surface area contributed by atoms with Gasteiger partial charge in [-0.15, -0.1) is 0 Å². The van der Waals surface area contributed by atoms with Crippen LogP contribution in [-0.4, -0.2) is 29.7 Å². The normalized spacial score (nSPS) is 12.9. The summed E-state index contributed by atoms with van der Waals surface area (Å²) in [6, 6.07) is 0.355. The standard InChI is InChI=1S/C13H24ClN3O/c1-4-6-7-12-16-11(13(14)17-12)8-15-10(5-2)9-18-3/h10,15H,4-9H2,1-3H3,(H,16,17). The number of hydrogen-bond acceptors (Lipinski definition) is 3. The van der Waals surface area contributed by atoms with E-state index >= 15 is 0 Å². The Hall–Kier alpha value is -0.580. The van der Waals surface area contributed by atoms with E-state index < -0.39 is 0 Å². The zero-order valence-electron chi connectivity index (χ0n) is 11.6. The van der Waals surface area contributed by atoms with Gasteiger partial charge >= 0.3 is 0 Å². The van der Waals surface area contributed by atoms with Gasteiger partial charge in [-0.2, -0.15) is 0 Å². The van der Waals surface area contributed by atoms with Crippen molar-refractivity contribution in [3.8, 4) is 0 Å². The van der Waals surface area contributed by atoms with E-state index in [4.69, 9.17) is 16.3 Å². The van der Waals surface area contributed by atoms with Gasteiger partial charge in [-0.3, -0.25) is 0 Å². The molecule has 5 heteroatoms. The molecule has 1 unspecified atom stereocenters. The summed E-state index contributed by atoms with van der Waals surface area (Å²) >= 11 is 6.11. The van der Waals surface area contributed by atoms with Crippen molar-refractivity contribution in [2.75, 3.05) is 13.7 Å². The van der Waals surface area contributed by atoms with Gasteiger partial charge in [-0.1, -0.05) is 31.9 Å². The molecule has 0 saturated heterocycles.